The Balaban J connectivity index is 2.30. The highest BCUT2D eigenvalue weighted by Crippen LogP contribution is 2.46. The number of rotatable bonds is 1. The number of Topliss-reactive ketones (excluding diaryl/α,β-unsaturated/α-hetero) is 2. The van der Waals surface area contributed by atoms with Crippen molar-refractivity contribution < 1.29 is 14.7 Å². The second-order valence-electron chi connectivity index (χ2n) is 5.90. The van der Waals surface area contributed by atoms with Crippen LogP contribution in [0.25, 0.3) is 0 Å². The molecule has 1 fully saturated rings. The van der Waals surface area contributed by atoms with E-state index in [2.05, 4.69) is 0 Å². The summed E-state index contributed by atoms with van der Waals surface area (Å²) in [6.07, 6.45) is 4.70. The van der Waals surface area contributed by atoms with E-state index >= 15 is 0 Å². The number of fused-ring (bicyclic) bond motifs is 2. The fraction of sp³-hybridized carbons (Fsp3) is 0.500. The van der Waals surface area contributed by atoms with Gasteiger partial charge < -0.3 is 9.67 Å². The van der Waals surface area contributed by atoms with Crippen LogP contribution in [0, 0.1) is 6.92 Å². The summed E-state index contributed by atoms with van der Waals surface area (Å²) >= 11 is 0. The molecule has 106 valence electrons. The maximum absolute atomic E-state index is 12.4. The Hall–Kier alpha value is -1.84. The summed E-state index contributed by atoms with van der Waals surface area (Å²) in [5.74, 6) is -0.705. The van der Waals surface area contributed by atoms with Crippen molar-refractivity contribution >= 4 is 11.6 Å². The molecule has 0 atom stereocenters. The van der Waals surface area contributed by atoms with E-state index in [1.807, 2.05) is 17.6 Å². The van der Waals surface area contributed by atoms with Crippen molar-refractivity contribution in [3.8, 4) is 0 Å². The molecule has 4 nitrogen and oxygen atoms in total. The zero-order valence-corrected chi connectivity index (χ0v) is 11.9. The van der Waals surface area contributed by atoms with Crippen molar-refractivity contribution in [1.29, 1.82) is 0 Å². The topological polar surface area (TPSA) is 59.3 Å². The molecule has 2 heterocycles. The molecular formula is C16H19NO3. The molecular weight excluding hydrogens is 254 g/mol. The molecule has 1 aromatic rings. The van der Waals surface area contributed by atoms with Crippen LogP contribution >= 0.6 is 0 Å². The minimum atomic E-state index is -0.587. The molecule has 4 heteroatoms. The van der Waals surface area contributed by atoms with E-state index in [1.54, 1.807) is 6.07 Å². The third-order valence-electron chi connectivity index (χ3n) is 4.67. The fourth-order valence-electron chi connectivity index (χ4n) is 3.78. The largest absolute Gasteiger partial charge is 0.509 e. The molecule has 0 aromatic carbocycles. The summed E-state index contributed by atoms with van der Waals surface area (Å²) in [5, 5.41) is 10.7. The number of nitrogens with zero attached hydrogens (tertiary/aromatic N) is 1. The molecule has 1 aliphatic carbocycles. The van der Waals surface area contributed by atoms with Crippen molar-refractivity contribution in [3.63, 3.8) is 0 Å². The van der Waals surface area contributed by atoms with E-state index in [9.17, 15) is 14.7 Å². The van der Waals surface area contributed by atoms with Gasteiger partial charge in [-0.15, -0.1) is 0 Å². The zero-order valence-electron chi connectivity index (χ0n) is 11.9. The van der Waals surface area contributed by atoms with E-state index in [-0.39, 0.29) is 22.9 Å². The smallest absolute Gasteiger partial charge is 0.216 e. The van der Waals surface area contributed by atoms with E-state index in [4.69, 9.17) is 0 Å². The highest BCUT2D eigenvalue weighted by molar-refractivity contribution is 6.26. The highest BCUT2D eigenvalue weighted by Gasteiger charge is 2.47. The minimum absolute atomic E-state index is 0.0125. The fourth-order valence-corrected chi connectivity index (χ4v) is 3.78. The first-order valence-corrected chi connectivity index (χ1v) is 7.17. The third kappa shape index (κ3) is 1.54. The van der Waals surface area contributed by atoms with Gasteiger partial charge >= 0.3 is 0 Å². The maximum Gasteiger partial charge on any atom is 0.216 e. The molecule has 0 unspecified atom stereocenters. The average Bonchev–Trinajstić information content (AvgIpc) is 2.80. The number of allylic oxidation sites excluding steroid dienone is 2. The third-order valence-corrected chi connectivity index (χ3v) is 4.67. The Bertz CT molecular complexity index is 630. The number of ketones is 2. The molecule has 0 saturated heterocycles. The molecule has 1 saturated carbocycles. The lowest BCUT2D eigenvalue weighted by molar-refractivity contribution is -0.113. The normalized spacial score (nSPS) is 21.2. The monoisotopic (exact) mass is 273 g/mol. The van der Waals surface area contributed by atoms with E-state index in [1.165, 1.54) is 6.92 Å². The molecule has 1 N–H and O–H groups in total. The lowest BCUT2D eigenvalue weighted by Gasteiger charge is -2.43. The Morgan fingerprint density at radius 3 is 2.50 bits per heavy atom. The Morgan fingerprint density at radius 2 is 1.90 bits per heavy atom. The maximum atomic E-state index is 12.4. The summed E-state index contributed by atoms with van der Waals surface area (Å²) in [4.78, 5) is 24.3. The van der Waals surface area contributed by atoms with Gasteiger partial charge in [-0.05, 0) is 38.8 Å². The van der Waals surface area contributed by atoms with Crippen LogP contribution in [0.3, 0.4) is 0 Å². The number of hydrogen-bond donors (Lipinski definition) is 1. The molecule has 0 amide bonds. The van der Waals surface area contributed by atoms with Gasteiger partial charge in [0.2, 0.25) is 5.78 Å². The number of aliphatic hydroxyl groups is 1. The van der Waals surface area contributed by atoms with Crippen LogP contribution in [0.2, 0.25) is 0 Å². The van der Waals surface area contributed by atoms with Gasteiger partial charge in [-0.1, -0.05) is 19.3 Å². The standard InChI is InChI=1S/C16H19NO3/c1-10-6-7-12-14(19)13(11(2)18)15(20)16(17(10)12)8-4-3-5-9-16/h6-7,20H,3-5,8-9H2,1-2H3. The summed E-state index contributed by atoms with van der Waals surface area (Å²) < 4.78 is 1.95. The van der Waals surface area contributed by atoms with Crippen molar-refractivity contribution in [2.45, 2.75) is 51.5 Å². The average molecular weight is 273 g/mol. The summed E-state index contributed by atoms with van der Waals surface area (Å²) in [6, 6.07) is 3.66. The van der Waals surface area contributed by atoms with Crippen molar-refractivity contribution in [2.24, 2.45) is 0 Å². The van der Waals surface area contributed by atoms with Crippen molar-refractivity contribution in [3.05, 3.63) is 34.9 Å². The SMILES string of the molecule is CC(=O)C1=C(O)C2(CCCCC2)n2c(C)ccc2C1=O. The zero-order chi connectivity index (χ0) is 14.5. The first kappa shape index (κ1) is 13.2. The lowest BCUT2D eigenvalue weighted by Crippen LogP contribution is -2.45. The second kappa shape index (κ2) is 4.33. The first-order valence-electron chi connectivity index (χ1n) is 7.17. The van der Waals surface area contributed by atoms with Gasteiger partial charge in [0.15, 0.2) is 5.78 Å². The van der Waals surface area contributed by atoms with Crippen molar-refractivity contribution in [2.75, 3.05) is 0 Å². The van der Waals surface area contributed by atoms with Crippen LogP contribution in [0.15, 0.2) is 23.5 Å². The quantitative estimate of drug-likeness (QED) is 0.800. The number of carbonyl (C=O) groups excluding carboxylic acids is 2. The predicted molar refractivity (Wildman–Crippen MR) is 74.9 cm³/mol. The molecule has 3 rings (SSSR count). The Labute approximate surface area is 118 Å². The van der Waals surface area contributed by atoms with Crippen LogP contribution in [-0.2, 0) is 10.3 Å². The van der Waals surface area contributed by atoms with E-state index in [0.29, 0.717) is 5.69 Å². The van der Waals surface area contributed by atoms with Crippen LogP contribution in [-0.4, -0.2) is 21.2 Å². The van der Waals surface area contributed by atoms with E-state index < -0.39 is 5.54 Å². The predicted octanol–water partition coefficient (Wildman–Crippen LogP) is 3.05. The molecule has 1 aromatic heterocycles. The number of aryl methyl sites for hydroxylation is 1. The van der Waals surface area contributed by atoms with Crippen molar-refractivity contribution in [1.82, 2.24) is 4.57 Å². The number of carbonyl (C=O) groups is 2. The Morgan fingerprint density at radius 1 is 1.25 bits per heavy atom. The number of aliphatic hydroxyl groups excluding tert-OH is 1. The van der Waals surface area contributed by atoms with Crippen LogP contribution in [0.1, 0.15) is 55.2 Å². The lowest BCUT2D eigenvalue weighted by atomic mass is 9.75. The molecule has 0 radical (unpaired) electrons. The molecule has 2 aliphatic rings. The van der Waals surface area contributed by atoms with Crippen LogP contribution in [0.5, 0.6) is 0 Å². The van der Waals surface area contributed by atoms with Gasteiger partial charge in [-0.25, -0.2) is 0 Å². The first-order chi connectivity index (χ1) is 9.49. The number of hydrogen-bond acceptors (Lipinski definition) is 3. The number of aromatic nitrogens is 1. The summed E-state index contributed by atoms with van der Waals surface area (Å²) in [5.41, 5.74) is 0.894. The second-order valence-corrected chi connectivity index (χ2v) is 5.90. The van der Waals surface area contributed by atoms with Gasteiger partial charge in [0.25, 0.3) is 0 Å². The van der Waals surface area contributed by atoms with E-state index in [0.717, 1.165) is 37.8 Å². The molecule has 1 spiro atoms. The van der Waals surface area contributed by atoms with Crippen LogP contribution < -0.4 is 0 Å². The van der Waals surface area contributed by atoms with Crippen LogP contribution in [0.4, 0.5) is 0 Å². The molecule has 1 aliphatic heterocycles. The van der Waals surface area contributed by atoms with Gasteiger partial charge in [-0.2, -0.15) is 0 Å². The van der Waals surface area contributed by atoms with Gasteiger partial charge in [0, 0.05) is 5.69 Å². The molecule has 20 heavy (non-hydrogen) atoms. The molecule has 0 bridgehead atoms. The van der Waals surface area contributed by atoms with Gasteiger partial charge in [0.1, 0.15) is 16.9 Å². The minimum Gasteiger partial charge on any atom is -0.509 e. The Kier molecular flexibility index (Phi) is 2.85. The summed E-state index contributed by atoms with van der Waals surface area (Å²) in [7, 11) is 0. The summed E-state index contributed by atoms with van der Waals surface area (Å²) in [6.45, 7) is 3.30. The van der Waals surface area contributed by atoms with Gasteiger partial charge in [-0.3, -0.25) is 9.59 Å². The van der Waals surface area contributed by atoms with Gasteiger partial charge in [0.05, 0.1) is 5.69 Å². The highest BCUT2D eigenvalue weighted by atomic mass is 16.3.